The second kappa shape index (κ2) is 5.78. The van der Waals surface area contributed by atoms with Crippen molar-refractivity contribution in [2.75, 3.05) is 18.6 Å². The van der Waals surface area contributed by atoms with Gasteiger partial charge in [0, 0.05) is 18.7 Å². The summed E-state index contributed by atoms with van der Waals surface area (Å²) in [7, 11) is 1.67. The number of hydrogen-bond donors (Lipinski definition) is 0. The van der Waals surface area contributed by atoms with Crippen molar-refractivity contribution in [3.05, 3.63) is 59.3 Å². The number of ether oxygens (including phenoxy) is 1. The van der Waals surface area contributed by atoms with E-state index in [-0.39, 0.29) is 0 Å². The van der Waals surface area contributed by atoms with Gasteiger partial charge in [-0.25, -0.2) is 4.98 Å². The van der Waals surface area contributed by atoms with Crippen LogP contribution >= 0.6 is 11.6 Å². The van der Waals surface area contributed by atoms with Gasteiger partial charge in [0.1, 0.15) is 16.7 Å². The van der Waals surface area contributed by atoms with Crippen LogP contribution in [0.25, 0.3) is 5.57 Å². The number of methoxy groups -OCH3 is 1. The molecule has 2 heterocycles. The molecule has 0 radical (unpaired) electrons. The lowest BCUT2D eigenvalue weighted by atomic mass is 10.00. The molecule has 0 N–H and O–H groups in total. The molecule has 0 bridgehead atoms. The molecule has 2 aromatic rings. The maximum Gasteiger partial charge on any atom is 0.138 e. The predicted octanol–water partition coefficient (Wildman–Crippen LogP) is 4.17. The minimum atomic E-state index is 0.517. The van der Waals surface area contributed by atoms with Crippen molar-refractivity contribution in [1.29, 1.82) is 0 Å². The lowest BCUT2D eigenvalue weighted by Crippen LogP contribution is -2.29. The van der Waals surface area contributed by atoms with Crippen molar-refractivity contribution in [1.82, 2.24) is 4.98 Å². The number of nitrogens with zero attached hydrogens (tertiary/aromatic N) is 2. The summed E-state index contributed by atoms with van der Waals surface area (Å²) in [5.74, 6) is 1.79. The Kier molecular flexibility index (Phi) is 3.84. The lowest BCUT2D eigenvalue weighted by molar-refractivity contribution is 0.414. The predicted molar refractivity (Wildman–Crippen MR) is 86.9 cm³/mol. The van der Waals surface area contributed by atoms with Gasteiger partial charge in [-0.05, 0) is 41.8 Å². The Balaban J connectivity index is 1.88. The van der Waals surface area contributed by atoms with E-state index in [0.29, 0.717) is 5.15 Å². The summed E-state index contributed by atoms with van der Waals surface area (Å²) >= 11 is 6.05. The molecule has 1 aliphatic rings. The van der Waals surface area contributed by atoms with E-state index in [9.17, 15) is 0 Å². The number of halogens is 1. The molecule has 0 fully saturated rings. The molecular weight excluding hydrogens is 284 g/mol. The van der Waals surface area contributed by atoms with Gasteiger partial charge in [0.2, 0.25) is 0 Å². The Labute approximate surface area is 129 Å². The van der Waals surface area contributed by atoms with Gasteiger partial charge < -0.3 is 9.64 Å². The first-order chi connectivity index (χ1) is 10.2. The van der Waals surface area contributed by atoms with Crippen LogP contribution in [0.4, 0.5) is 5.82 Å². The van der Waals surface area contributed by atoms with Gasteiger partial charge >= 0.3 is 0 Å². The summed E-state index contributed by atoms with van der Waals surface area (Å²) in [6, 6.07) is 11.9. The van der Waals surface area contributed by atoms with Crippen molar-refractivity contribution in [3.8, 4) is 5.75 Å². The van der Waals surface area contributed by atoms with Crippen LogP contribution in [0.5, 0.6) is 5.75 Å². The highest BCUT2D eigenvalue weighted by atomic mass is 35.5. The average Bonchev–Trinajstić information content (AvgIpc) is 2.51. The molecule has 1 aromatic carbocycles. The Morgan fingerprint density at radius 3 is 2.71 bits per heavy atom. The van der Waals surface area contributed by atoms with Crippen LogP contribution in [0.2, 0.25) is 5.15 Å². The van der Waals surface area contributed by atoms with Crippen LogP contribution in [0.3, 0.4) is 0 Å². The first-order valence-electron chi connectivity index (χ1n) is 6.90. The van der Waals surface area contributed by atoms with E-state index in [1.807, 2.05) is 24.3 Å². The number of benzene rings is 1. The standard InChI is InChI=1S/C17H17ClN2O/c1-12-9-10-20(17-15(12)7-8-16(18)19-17)11-13-3-5-14(21-2)6-4-13/h3-8H,1,9-11H2,2H3. The smallest absolute Gasteiger partial charge is 0.138 e. The summed E-state index contributed by atoms with van der Waals surface area (Å²) in [4.78, 5) is 6.73. The topological polar surface area (TPSA) is 25.4 Å². The molecule has 1 aromatic heterocycles. The molecule has 0 unspecified atom stereocenters. The summed E-state index contributed by atoms with van der Waals surface area (Å²) in [6.07, 6.45) is 0.951. The fourth-order valence-electron chi connectivity index (χ4n) is 2.56. The first-order valence-corrected chi connectivity index (χ1v) is 7.28. The van der Waals surface area contributed by atoms with E-state index in [2.05, 4.69) is 28.6 Å². The molecule has 0 spiro atoms. The zero-order valence-electron chi connectivity index (χ0n) is 12.0. The van der Waals surface area contributed by atoms with Gasteiger partial charge in [0.15, 0.2) is 0 Å². The van der Waals surface area contributed by atoms with Crippen LogP contribution < -0.4 is 9.64 Å². The number of pyridine rings is 1. The van der Waals surface area contributed by atoms with Crippen molar-refractivity contribution >= 4 is 23.0 Å². The Hall–Kier alpha value is -2.00. The minimum Gasteiger partial charge on any atom is -0.497 e. The van der Waals surface area contributed by atoms with Crippen LogP contribution in [0, 0.1) is 0 Å². The quantitative estimate of drug-likeness (QED) is 0.796. The molecule has 3 nitrogen and oxygen atoms in total. The van der Waals surface area contributed by atoms with Crippen molar-refractivity contribution in [3.63, 3.8) is 0 Å². The average molecular weight is 301 g/mol. The normalized spacial score (nSPS) is 14.0. The van der Waals surface area contributed by atoms with Crippen LogP contribution in [-0.2, 0) is 6.54 Å². The second-order valence-electron chi connectivity index (χ2n) is 5.13. The van der Waals surface area contributed by atoms with Crippen molar-refractivity contribution < 1.29 is 4.74 Å². The highest BCUT2D eigenvalue weighted by molar-refractivity contribution is 6.29. The number of rotatable bonds is 3. The maximum atomic E-state index is 6.05. The molecule has 108 valence electrons. The van der Waals surface area contributed by atoms with Crippen molar-refractivity contribution in [2.45, 2.75) is 13.0 Å². The van der Waals surface area contributed by atoms with Crippen molar-refractivity contribution in [2.24, 2.45) is 0 Å². The molecule has 0 amide bonds. The third kappa shape index (κ3) is 2.88. The van der Waals surface area contributed by atoms with Crippen LogP contribution in [0.15, 0.2) is 43.0 Å². The molecule has 0 atom stereocenters. The van der Waals surface area contributed by atoms with Gasteiger partial charge in [0.25, 0.3) is 0 Å². The van der Waals surface area contributed by atoms with E-state index in [1.54, 1.807) is 7.11 Å². The number of anilines is 1. The number of hydrogen-bond acceptors (Lipinski definition) is 3. The first kappa shape index (κ1) is 14.0. The summed E-state index contributed by atoms with van der Waals surface area (Å²) < 4.78 is 5.19. The fraction of sp³-hybridized carbons (Fsp3) is 0.235. The third-order valence-electron chi connectivity index (χ3n) is 3.74. The number of aromatic nitrogens is 1. The van der Waals surface area contributed by atoms with E-state index in [0.717, 1.165) is 42.2 Å². The van der Waals surface area contributed by atoms with Crippen LogP contribution in [-0.4, -0.2) is 18.6 Å². The van der Waals surface area contributed by atoms with Gasteiger partial charge in [-0.3, -0.25) is 0 Å². The molecule has 21 heavy (non-hydrogen) atoms. The maximum absolute atomic E-state index is 6.05. The monoisotopic (exact) mass is 300 g/mol. The molecule has 3 rings (SSSR count). The van der Waals surface area contributed by atoms with Gasteiger partial charge in [-0.2, -0.15) is 0 Å². The zero-order chi connectivity index (χ0) is 14.8. The zero-order valence-corrected chi connectivity index (χ0v) is 12.7. The highest BCUT2D eigenvalue weighted by Crippen LogP contribution is 2.34. The second-order valence-corrected chi connectivity index (χ2v) is 5.52. The lowest BCUT2D eigenvalue weighted by Gasteiger charge is -2.31. The van der Waals surface area contributed by atoms with E-state index < -0.39 is 0 Å². The van der Waals surface area contributed by atoms with Gasteiger partial charge in [-0.1, -0.05) is 30.3 Å². The largest absolute Gasteiger partial charge is 0.497 e. The summed E-state index contributed by atoms with van der Waals surface area (Å²) in [6.45, 7) is 5.83. The Morgan fingerprint density at radius 1 is 1.24 bits per heavy atom. The number of fused-ring (bicyclic) bond motifs is 1. The van der Waals surface area contributed by atoms with Gasteiger partial charge in [0.05, 0.1) is 7.11 Å². The van der Waals surface area contributed by atoms with Crippen LogP contribution in [0.1, 0.15) is 17.5 Å². The van der Waals surface area contributed by atoms with Gasteiger partial charge in [-0.15, -0.1) is 0 Å². The minimum absolute atomic E-state index is 0.517. The van der Waals surface area contributed by atoms with E-state index in [1.165, 1.54) is 5.56 Å². The molecular formula is C17H17ClN2O. The molecule has 1 aliphatic heterocycles. The summed E-state index contributed by atoms with van der Waals surface area (Å²) in [5, 5.41) is 0.517. The fourth-order valence-corrected chi connectivity index (χ4v) is 2.70. The third-order valence-corrected chi connectivity index (χ3v) is 3.95. The van der Waals surface area contributed by atoms with E-state index in [4.69, 9.17) is 16.3 Å². The summed E-state index contributed by atoms with van der Waals surface area (Å²) in [5.41, 5.74) is 3.44. The van der Waals surface area contributed by atoms with E-state index >= 15 is 0 Å². The molecule has 0 aliphatic carbocycles. The SMILES string of the molecule is C=C1CCN(Cc2ccc(OC)cc2)c2nc(Cl)ccc21. The Morgan fingerprint density at radius 2 is 2.00 bits per heavy atom. The Bertz CT molecular complexity index is 667. The molecule has 4 heteroatoms. The molecule has 0 saturated heterocycles. The highest BCUT2D eigenvalue weighted by Gasteiger charge is 2.21. The molecule has 0 saturated carbocycles.